The molecular weight excluding hydrogens is 230 g/mol. The summed E-state index contributed by atoms with van der Waals surface area (Å²) in [5.41, 5.74) is 6.27. The van der Waals surface area contributed by atoms with Crippen molar-refractivity contribution in [2.75, 3.05) is 14.2 Å². The average molecular weight is 247 g/mol. The van der Waals surface area contributed by atoms with Crippen molar-refractivity contribution < 1.29 is 14.3 Å². The summed E-state index contributed by atoms with van der Waals surface area (Å²) in [6.45, 7) is 0. The Morgan fingerprint density at radius 2 is 1.83 bits per heavy atom. The van der Waals surface area contributed by atoms with Crippen LogP contribution in [0.4, 0.5) is 0 Å². The minimum atomic E-state index is -0.190. The van der Waals surface area contributed by atoms with E-state index in [2.05, 4.69) is 0 Å². The van der Waals surface area contributed by atoms with Crippen LogP contribution in [-0.4, -0.2) is 26.0 Å². The first kappa shape index (κ1) is 12.6. The molecule has 1 aromatic carbocycles. The van der Waals surface area contributed by atoms with Crippen LogP contribution >= 0.6 is 0 Å². The first-order chi connectivity index (χ1) is 8.67. The minimum Gasteiger partial charge on any atom is -0.496 e. The van der Waals surface area contributed by atoms with Crippen molar-refractivity contribution in [3.05, 3.63) is 35.9 Å². The van der Waals surface area contributed by atoms with Gasteiger partial charge in [0.25, 0.3) is 0 Å². The van der Waals surface area contributed by atoms with Gasteiger partial charge in [0.05, 0.1) is 14.2 Å². The fourth-order valence-electron chi connectivity index (χ4n) is 2.20. The Kier molecular flexibility index (Phi) is 3.67. The highest BCUT2D eigenvalue weighted by molar-refractivity contribution is 6.04. The fourth-order valence-corrected chi connectivity index (χ4v) is 2.20. The highest BCUT2D eigenvalue weighted by atomic mass is 16.5. The van der Waals surface area contributed by atoms with Crippen LogP contribution in [0.2, 0.25) is 0 Å². The number of carbonyl (C=O) groups is 1. The van der Waals surface area contributed by atoms with Gasteiger partial charge in [0, 0.05) is 12.0 Å². The summed E-state index contributed by atoms with van der Waals surface area (Å²) in [6.07, 6.45) is 4.36. The molecule has 1 aliphatic carbocycles. The molecule has 0 amide bonds. The smallest absolute Gasteiger partial charge is 0.177 e. The Bertz CT molecular complexity index is 460. The van der Waals surface area contributed by atoms with E-state index >= 15 is 0 Å². The van der Waals surface area contributed by atoms with Gasteiger partial charge >= 0.3 is 0 Å². The van der Waals surface area contributed by atoms with E-state index in [1.165, 1.54) is 0 Å². The lowest BCUT2D eigenvalue weighted by molar-refractivity contribution is 0.0936. The SMILES string of the molecule is COc1cccc(OC)c1C(=O)C1C=CC(N)C1. The van der Waals surface area contributed by atoms with Gasteiger partial charge < -0.3 is 15.2 Å². The Hall–Kier alpha value is -1.81. The van der Waals surface area contributed by atoms with E-state index in [4.69, 9.17) is 15.2 Å². The van der Waals surface area contributed by atoms with Gasteiger partial charge in [0.15, 0.2) is 5.78 Å². The Labute approximate surface area is 106 Å². The molecular formula is C14H17NO3. The van der Waals surface area contributed by atoms with Gasteiger partial charge in [-0.25, -0.2) is 0 Å². The van der Waals surface area contributed by atoms with Gasteiger partial charge in [-0.05, 0) is 18.6 Å². The quantitative estimate of drug-likeness (QED) is 0.651. The first-order valence-corrected chi connectivity index (χ1v) is 5.86. The van der Waals surface area contributed by atoms with Crippen molar-refractivity contribution >= 4 is 5.78 Å². The minimum absolute atomic E-state index is 0.00602. The maximum Gasteiger partial charge on any atom is 0.177 e. The van der Waals surface area contributed by atoms with Crippen molar-refractivity contribution in [2.24, 2.45) is 11.7 Å². The zero-order valence-electron chi connectivity index (χ0n) is 10.6. The van der Waals surface area contributed by atoms with E-state index in [0.29, 0.717) is 23.5 Å². The lowest BCUT2D eigenvalue weighted by Gasteiger charge is -2.15. The second-order valence-electron chi connectivity index (χ2n) is 4.29. The molecule has 0 radical (unpaired) electrons. The zero-order chi connectivity index (χ0) is 13.1. The third kappa shape index (κ3) is 2.24. The standard InChI is InChI=1S/C14H17NO3/c1-17-11-4-3-5-12(18-2)13(11)14(16)9-6-7-10(15)8-9/h3-7,9-10H,8,15H2,1-2H3. The Morgan fingerprint density at radius 1 is 1.22 bits per heavy atom. The number of benzene rings is 1. The van der Waals surface area contributed by atoms with Crippen molar-refractivity contribution in [1.82, 2.24) is 0 Å². The number of carbonyl (C=O) groups excluding carboxylic acids is 1. The van der Waals surface area contributed by atoms with Crippen LogP contribution < -0.4 is 15.2 Å². The summed E-state index contributed by atoms with van der Waals surface area (Å²) >= 11 is 0. The highest BCUT2D eigenvalue weighted by Crippen LogP contribution is 2.33. The van der Waals surface area contributed by atoms with Crippen LogP contribution in [0.1, 0.15) is 16.8 Å². The van der Waals surface area contributed by atoms with Crippen LogP contribution in [0.3, 0.4) is 0 Å². The number of ketones is 1. The van der Waals surface area contributed by atoms with E-state index in [1.807, 2.05) is 12.2 Å². The first-order valence-electron chi connectivity index (χ1n) is 5.86. The number of methoxy groups -OCH3 is 2. The molecule has 1 aromatic rings. The van der Waals surface area contributed by atoms with Gasteiger partial charge in [-0.15, -0.1) is 0 Å². The second-order valence-corrected chi connectivity index (χ2v) is 4.29. The molecule has 2 rings (SSSR count). The molecule has 0 aliphatic heterocycles. The van der Waals surface area contributed by atoms with Crippen LogP contribution in [0.5, 0.6) is 11.5 Å². The maximum atomic E-state index is 12.5. The third-order valence-corrected chi connectivity index (χ3v) is 3.13. The number of rotatable bonds is 4. The monoisotopic (exact) mass is 247 g/mol. The van der Waals surface area contributed by atoms with Crippen LogP contribution in [-0.2, 0) is 0 Å². The molecule has 4 heteroatoms. The normalized spacial score (nSPS) is 21.9. The highest BCUT2D eigenvalue weighted by Gasteiger charge is 2.28. The molecule has 0 aromatic heterocycles. The lowest BCUT2D eigenvalue weighted by atomic mass is 9.95. The summed E-state index contributed by atoms with van der Waals surface area (Å²) in [4.78, 5) is 12.5. The molecule has 0 fully saturated rings. The fraction of sp³-hybridized carbons (Fsp3) is 0.357. The van der Waals surface area contributed by atoms with E-state index in [-0.39, 0.29) is 17.7 Å². The number of hydrogen-bond acceptors (Lipinski definition) is 4. The maximum absolute atomic E-state index is 12.5. The molecule has 2 N–H and O–H groups in total. The van der Waals surface area contributed by atoms with E-state index < -0.39 is 0 Å². The van der Waals surface area contributed by atoms with Crippen LogP contribution in [0.25, 0.3) is 0 Å². The molecule has 2 atom stereocenters. The summed E-state index contributed by atoms with van der Waals surface area (Å²) in [7, 11) is 3.09. The molecule has 0 saturated heterocycles. The largest absolute Gasteiger partial charge is 0.496 e. The number of allylic oxidation sites excluding steroid dienone is 1. The van der Waals surface area contributed by atoms with Gasteiger partial charge in [-0.1, -0.05) is 18.2 Å². The van der Waals surface area contributed by atoms with Crippen molar-refractivity contribution in [1.29, 1.82) is 0 Å². The molecule has 1 aliphatic rings. The number of Topliss-reactive ketones (excluding diaryl/α,β-unsaturated/α-hetero) is 1. The van der Waals surface area contributed by atoms with Gasteiger partial charge in [0.1, 0.15) is 17.1 Å². The molecule has 96 valence electrons. The third-order valence-electron chi connectivity index (χ3n) is 3.13. The Morgan fingerprint density at radius 3 is 2.28 bits per heavy atom. The molecule has 2 unspecified atom stereocenters. The summed E-state index contributed by atoms with van der Waals surface area (Å²) in [5, 5.41) is 0. The summed E-state index contributed by atoms with van der Waals surface area (Å²) < 4.78 is 10.5. The van der Waals surface area contributed by atoms with Crippen molar-refractivity contribution in [3.8, 4) is 11.5 Å². The number of hydrogen-bond donors (Lipinski definition) is 1. The van der Waals surface area contributed by atoms with E-state index in [0.717, 1.165) is 0 Å². The van der Waals surface area contributed by atoms with Crippen molar-refractivity contribution in [2.45, 2.75) is 12.5 Å². The molecule has 0 heterocycles. The van der Waals surface area contributed by atoms with E-state index in [1.54, 1.807) is 32.4 Å². The van der Waals surface area contributed by atoms with Crippen molar-refractivity contribution in [3.63, 3.8) is 0 Å². The van der Waals surface area contributed by atoms with Crippen LogP contribution in [0.15, 0.2) is 30.4 Å². The lowest BCUT2D eigenvalue weighted by Crippen LogP contribution is -2.20. The molecule has 0 saturated carbocycles. The molecule has 4 nitrogen and oxygen atoms in total. The van der Waals surface area contributed by atoms with E-state index in [9.17, 15) is 4.79 Å². The summed E-state index contributed by atoms with van der Waals surface area (Å²) in [5.74, 6) is 0.875. The predicted molar refractivity (Wildman–Crippen MR) is 69.1 cm³/mol. The number of nitrogens with two attached hydrogens (primary N) is 1. The average Bonchev–Trinajstić information content (AvgIpc) is 2.83. The second kappa shape index (κ2) is 5.23. The molecule has 18 heavy (non-hydrogen) atoms. The van der Waals surface area contributed by atoms with Gasteiger partial charge in [0.2, 0.25) is 0 Å². The van der Waals surface area contributed by atoms with Gasteiger partial charge in [-0.3, -0.25) is 4.79 Å². The topological polar surface area (TPSA) is 61.5 Å². The number of ether oxygens (including phenoxy) is 2. The molecule has 0 bridgehead atoms. The Balaban J connectivity index is 2.37. The summed E-state index contributed by atoms with van der Waals surface area (Å²) in [6, 6.07) is 5.27. The predicted octanol–water partition coefficient (Wildman–Crippen LogP) is 1.79. The molecule has 0 spiro atoms. The van der Waals surface area contributed by atoms with Gasteiger partial charge in [-0.2, -0.15) is 0 Å². The van der Waals surface area contributed by atoms with Crippen LogP contribution in [0, 0.1) is 5.92 Å². The zero-order valence-corrected chi connectivity index (χ0v) is 10.6.